The highest BCUT2D eigenvalue weighted by Gasteiger charge is 2.54. The Morgan fingerprint density at radius 2 is 1.52 bits per heavy atom. The van der Waals surface area contributed by atoms with Gasteiger partial charge >= 0.3 is 6.18 Å². The van der Waals surface area contributed by atoms with Crippen molar-refractivity contribution in [2.75, 3.05) is 6.26 Å². The molecule has 1 atom stereocenters. The lowest BCUT2D eigenvalue weighted by atomic mass is 9.72. The minimum Gasteiger partial charge on any atom is -0.207 e. The molecule has 130 valence electrons. The molecule has 0 aliphatic carbocycles. The van der Waals surface area contributed by atoms with Crippen molar-refractivity contribution in [3.63, 3.8) is 0 Å². The summed E-state index contributed by atoms with van der Waals surface area (Å²) in [5.41, 5.74) is -1.58. The molecule has 0 saturated carbocycles. The van der Waals surface area contributed by atoms with Gasteiger partial charge in [-0.15, -0.1) is 16.9 Å². The molecule has 3 rings (SSSR count). The van der Waals surface area contributed by atoms with Crippen molar-refractivity contribution >= 4 is 23.2 Å². The first kappa shape index (κ1) is 17.7. The van der Waals surface area contributed by atoms with E-state index in [0.29, 0.717) is 5.56 Å². The first-order chi connectivity index (χ1) is 11.8. The van der Waals surface area contributed by atoms with Crippen molar-refractivity contribution in [2.24, 2.45) is 10.2 Å². The largest absolute Gasteiger partial charge is 0.432 e. The molecule has 1 unspecified atom stereocenters. The van der Waals surface area contributed by atoms with Gasteiger partial charge in [0, 0.05) is 4.90 Å². The summed E-state index contributed by atoms with van der Waals surface area (Å²) < 4.78 is 53.9. The Labute approximate surface area is 146 Å². The number of hydrogen-bond acceptors (Lipinski definition) is 3. The summed E-state index contributed by atoms with van der Waals surface area (Å²) in [7, 11) is 0. The maximum Gasteiger partial charge on any atom is 0.432 e. The van der Waals surface area contributed by atoms with Crippen molar-refractivity contribution in [3.8, 4) is 0 Å². The average molecular weight is 366 g/mol. The predicted octanol–water partition coefficient (Wildman–Crippen LogP) is 5.23. The van der Waals surface area contributed by atoms with Gasteiger partial charge < -0.3 is 0 Å². The third kappa shape index (κ3) is 3.08. The van der Waals surface area contributed by atoms with Gasteiger partial charge in [0.1, 0.15) is 5.82 Å². The van der Waals surface area contributed by atoms with Gasteiger partial charge in [-0.3, -0.25) is 0 Å². The number of rotatable bonds is 3. The molecule has 0 aromatic heterocycles. The van der Waals surface area contributed by atoms with Crippen LogP contribution in [-0.2, 0) is 5.41 Å². The standard InChI is InChI=1S/C18H14F4N2S/c1-17(12-5-7-13(19)8-6-12)15(23-24-16(17)18(20,21)22)11-3-9-14(25-2)10-4-11/h3-10H,1-2H3. The topological polar surface area (TPSA) is 24.7 Å². The molecule has 1 aliphatic heterocycles. The zero-order valence-electron chi connectivity index (χ0n) is 13.4. The second kappa shape index (κ2) is 6.29. The lowest BCUT2D eigenvalue weighted by Gasteiger charge is -2.29. The SMILES string of the molecule is CSc1ccc(C2=NN=C(C(F)(F)F)C2(C)c2ccc(F)cc2)cc1. The maximum atomic E-state index is 13.5. The van der Waals surface area contributed by atoms with Crippen LogP contribution in [0.3, 0.4) is 0 Å². The molecule has 0 amide bonds. The minimum absolute atomic E-state index is 0.194. The van der Waals surface area contributed by atoms with E-state index in [-0.39, 0.29) is 11.3 Å². The van der Waals surface area contributed by atoms with Crippen LogP contribution < -0.4 is 0 Å². The first-order valence-electron chi connectivity index (χ1n) is 7.41. The van der Waals surface area contributed by atoms with Crippen LogP contribution in [0.4, 0.5) is 17.6 Å². The number of hydrogen-bond donors (Lipinski definition) is 0. The van der Waals surface area contributed by atoms with Crippen LogP contribution >= 0.6 is 11.8 Å². The fraction of sp³-hybridized carbons (Fsp3) is 0.222. The van der Waals surface area contributed by atoms with E-state index < -0.39 is 23.1 Å². The molecule has 0 spiro atoms. The number of alkyl halides is 3. The summed E-state index contributed by atoms with van der Waals surface area (Å²) in [5.74, 6) is -0.515. The minimum atomic E-state index is -4.65. The van der Waals surface area contributed by atoms with Gasteiger partial charge in [0.15, 0.2) is 5.71 Å². The van der Waals surface area contributed by atoms with E-state index in [4.69, 9.17) is 0 Å². The quantitative estimate of drug-likeness (QED) is 0.539. The Balaban J connectivity index is 2.13. The van der Waals surface area contributed by atoms with E-state index in [1.54, 1.807) is 12.1 Å². The Kier molecular flexibility index (Phi) is 4.45. The summed E-state index contributed by atoms with van der Waals surface area (Å²) >= 11 is 1.53. The van der Waals surface area contributed by atoms with Gasteiger partial charge in [0.25, 0.3) is 0 Å². The van der Waals surface area contributed by atoms with E-state index in [1.807, 2.05) is 18.4 Å². The second-order valence-corrected chi connectivity index (χ2v) is 6.64. The van der Waals surface area contributed by atoms with Crippen LogP contribution in [0.1, 0.15) is 18.1 Å². The zero-order valence-corrected chi connectivity index (χ0v) is 14.2. The Hall–Kier alpha value is -2.15. The van der Waals surface area contributed by atoms with Crippen LogP contribution in [0.25, 0.3) is 0 Å². The fourth-order valence-electron chi connectivity index (χ4n) is 2.90. The van der Waals surface area contributed by atoms with E-state index in [2.05, 4.69) is 10.2 Å². The Morgan fingerprint density at radius 1 is 0.920 bits per heavy atom. The maximum absolute atomic E-state index is 13.5. The second-order valence-electron chi connectivity index (χ2n) is 5.76. The molecular formula is C18H14F4N2S. The van der Waals surface area contributed by atoms with E-state index in [0.717, 1.165) is 17.0 Å². The predicted molar refractivity (Wildman–Crippen MR) is 92.0 cm³/mol. The average Bonchev–Trinajstić information content (AvgIpc) is 2.94. The lowest BCUT2D eigenvalue weighted by molar-refractivity contribution is -0.0620. The zero-order chi connectivity index (χ0) is 18.2. The van der Waals surface area contributed by atoms with E-state index in [9.17, 15) is 17.6 Å². The summed E-state index contributed by atoms with van der Waals surface area (Å²) in [6.45, 7) is 1.42. The first-order valence-corrected chi connectivity index (χ1v) is 8.63. The van der Waals surface area contributed by atoms with Crippen molar-refractivity contribution < 1.29 is 17.6 Å². The highest BCUT2D eigenvalue weighted by molar-refractivity contribution is 7.98. The lowest BCUT2D eigenvalue weighted by Crippen LogP contribution is -2.45. The van der Waals surface area contributed by atoms with Crippen molar-refractivity contribution in [2.45, 2.75) is 23.4 Å². The number of benzene rings is 2. The van der Waals surface area contributed by atoms with Gasteiger partial charge in [-0.1, -0.05) is 24.3 Å². The third-order valence-corrected chi connectivity index (χ3v) is 4.99. The van der Waals surface area contributed by atoms with Gasteiger partial charge in [0.2, 0.25) is 0 Å². The molecule has 0 bridgehead atoms. The third-order valence-electron chi connectivity index (χ3n) is 4.25. The molecule has 2 nitrogen and oxygen atoms in total. The van der Waals surface area contributed by atoms with Crippen LogP contribution in [0.5, 0.6) is 0 Å². The number of halogens is 4. The molecule has 0 saturated heterocycles. The van der Waals surface area contributed by atoms with Crippen LogP contribution in [-0.4, -0.2) is 23.9 Å². The smallest absolute Gasteiger partial charge is 0.207 e. The van der Waals surface area contributed by atoms with Crippen LogP contribution in [0.15, 0.2) is 63.6 Å². The molecule has 2 aromatic rings. The normalized spacial score (nSPS) is 20.4. The Bertz CT molecular complexity index is 839. The number of nitrogens with zero attached hydrogens (tertiary/aromatic N) is 2. The molecule has 0 radical (unpaired) electrons. The van der Waals surface area contributed by atoms with Gasteiger partial charge in [-0.05, 0) is 48.6 Å². The van der Waals surface area contributed by atoms with Gasteiger partial charge in [0.05, 0.1) is 11.1 Å². The van der Waals surface area contributed by atoms with E-state index in [1.165, 1.54) is 30.8 Å². The molecule has 2 aromatic carbocycles. The molecule has 1 aliphatic rings. The summed E-state index contributed by atoms with van der Waals surface area (Å²) in [4.78, 5) is 0.989. The van der Waals surface area contributed by atoms with Crippen molar-refractivity contribution in [3.05, 3.63) is 65.5 Å². The van der Waals surface area contributed by atoms with E-state index >= 15 is 0 Å². The molecule has 1 heterocycles. The van der Waals surface area contributed by atoms with Gasteiger partial charge in [-0.25, -0.2) is 4.39 Å². The summed E-state index contributed by atoms with van der Waals surface area (Å²) in [6, 6.07) is 12.0. The molecule has 0 fully saturated rings. The molecule has 0 N–H and O–H groups in total. The van der Waals surface area contributed by atoms with Crippen molar-refractivity contribution in [1.29, 1.82) is 0 Å². The molecule has 7 heteroatoms. The van der Waals surface area contributed by atoms with Crippen LogP contribution in [0.2, 0.25) is 0 Å². The fourth-order valence-corrected chi connectivity index (χ4v) is 3.31. The van der Waals surface area contributed by atoms with Gasteiger partial charge in [-0.2, -0.15) is 18.3 Å². The Morgan fingerprint density at radius 3 is 2.04 bits per heavy atom. The van der Waals surface area contributed by atoms with Crippen molar-refractivity contribution in [1.82, 2.24) is 0 Å². The summed E-state index contributed by atoms with van der Waals surface area (Å²) in [6.07, 6.45) is -2.73. The van der Waals surface area contributed by atoms with Crippen LogP contribution in [0, 0.1) is 5.82 Å². The highest BCUT2D eigenvalue weighted by atomic mass is 32.2. The number of thioether (sulfide) groups is 1. The molecule has 25 heavy (non-hydrogen) atoms. The summed E-state index contributed by atoms with van der Waals surface area (Å²) in [5, 5.41) is 7.29. The highest BCUT2D eigenvalue weighted by Crippen LogP contribution is 2.41. The monoisotopic (exact) mass is 366 g/mol. The molecular weight excluding hydrogens is 352 g/mol.